The van der Waals surface area contributed by atoms with Crippen LogP contribution in [0.15, 0.2) is 28.8 Å². The van der Waals surface area contributed by atoms with Crippen molar-refractivity contribution in [1.82, 2.24) is 0 Å². The molecule has 0 bridgehead atoms. The van der Waals surface area contributed by atoms with Crippen molar-refractivity contribution in [2.75, 3.05) is 6.61 Å². The lowest BCUT2D eigenvalue weighted by Gasteiger charge is -2.13. The first-order chi connectivity index (χ1) is 7.54. The van der Waals surface area contributed by atoms with Gasteiger partial charge in [-0.2, -0.15) is 0 Å². The summed E-state index contributed by atoms with van der Waals surface area (Å²) in [6.07, 6.45) is 0.834. The van der Waals surface area contributed by atoms with Crippen LogP contribution in [0.2, 0.25) is 0 Å². The van der Waals surface area contributed by atoms with Crippen molar-refractivity contribution < 1.29 is 9.84 Å². The van der Waals surface area contributed by atoms with Crippen molar-refractivity contribution in [3.05, 3.63) is 39.9 Å². The van der Waals surface area contributed by atoms with E-state index in [0.29, 0.717) is 6.61 Å². The molecular weight excluding hydrogens is 268 g/mol. The Hall–Kier alpha value is -0.800. The molecule has 1 aromatic rings. The van der Waals surface area contributed by atoms with E-state index in [1.807, 2.05) is 26.0 Å². The lowest BCUT2D eigenvalue weighted by molar-refractivity contribution is 0.263. The van der Waals surface area contributed by atoms with Gasteiger partial charge in [0, 0.05) is 16.5 Å². The number of aryl methyl sites for hydroxylation is 1. The molecule has 88 valence electrons. The molecule has 0 aliphatic carbocycles. The number of aliphatic hydroxyl groups excluding tert-OH is 1. The predicted octanol–water partition coefficient (Wildman–Crippen LogP) is 3.59. The van der Waals surface area contributed by atoms with Gasteiger partial charge in [-0.1, -0.05) is 21.5 Å². The van der Waals surface area contributed by atoms with Crippen LogP contribution in [0, 0.1) is 6.92 Å². The van der Waals surface area contributed by atoms with Crippen molar-refractivity contribution in [3.63, 3.8) is 0 Å². The standard InChI is InChI=1S/C13H17BrO2/c1-9(2)4-5-16-13-10(3)6-12(14)7-11(13)8-15/h6-7,15H,1,4-5,8H2,2-3H3. The molecule has 0 aliphatic heterocycles. The summed E-state index contributed by atoms with van der Waals surface area (Å²) in [6.45, 7) is 8.37. The molecule has 0 saturated carbocycles. The fraction of sp³-hybridized carbons (Fsp3) is 0.385. The number of ether oxygens (including phenoxy) is 1. The maximum absolute atomic E-state index is 9.26. The van der Waals surface area contributed by atoms with Gasteiger partial charge >= 0.3 is 0 Å². The summed E-state index contributed by atoms with van der Waals surface area (Å²) in [6, 6.07) is 3.86. The quantitative estimate of drug-likeness (QED) is 0.838. The van der Waals surface area contributed by atoms with E-state index in [1.54, 1.807) is 0 Å². The van der Waals surface area contributed by atoms with E-state index in [1.165, 1.54) is 0 Å². The van der Waals surface area contributed by atoms with Gasteiger partial charge < -0.3 is 9.84 Å². The van der Waals surface area contributed by atoms with Gasteiger partial charge in [0.2, 0.25) is 0 Å². The van der Waals surface area contributed by atoms with Crippen LogP contribution in [0.5, 0.6) is 5.75 Å². The molecule has 0 unspecified atom stereocenters. The first kappa shape index (κ1) is 13.3. The van der Waals surface area contributed by atoms with Crippen LogP contribution in [-0.4, -0.2) is 11.7 Å². The zero-order chi connectivity index (χ0) is 12.1. The Morgan fingerprint density at radius 1 is 1.50 bits per heavy atom. The summed E-state index contributed by atoms with van der Waals surface area (Å²) in [5.41, 5.74) is 2.94. The number of hydrogen-bond acceptors (Lipinski definition) is 2. The van der Waals surface area contributed by atoms with Crippen molar-refractivity contribution in [1.29, 1.82) is 0 Å². The number of aliphatic hydroxyl groups is 1. The largest absolute Gasteiger partial charge is 0.493 e. The van der Waals surface area contributed by atoms with E-state index in [9.17, 15) is 5.11 Å². The lowest BCUT2D eigenvalue weighted by Crippen LogP contribution is -2.02. The third-order valence-corrected chi connectivity index (χ3v) is 2.72. The van der Waals surface area contributed by atoms with Crippen LogP contribution in [0.25, 0.3) is 0 Å². The van der Waals surface area contributed by atoms with E-state index in [0.717, 1.165) is 33.3 Å². The third kappa shape index (κ3) is 3.65. The Labute approximate surface area is 105 Å². The first-order valence-electron chi connectivity index (χ1n) is 5.21. The summed E-state index contributed by atoms with van der Waals surface area (Å²) < 4.78 is 6.64. The molecule has 2 nitrogen and oxygen atoms in total. The Balaban J connectivity index is 2.81. The van der Waals surface area contributed by atoms with Gasteiger partial charge in [-0.3, -0.25) is 0 Å². The van der Waals surface area contributed by atoms with Gasteiger partial charge in [0.05, 0.1) is 13.2 Å². The maximum Gasteiger partial charge on any atom is 0.127 e. The fourth-order valence-electron chi connectivity index (χ4n) is 1.45. The molecule has 0 aromatic heterocycles. The molecule has 0 saturated heterocycles. The molecule has 1 aromatic carbocycles. The molecule has 0 fully saturated rings. The number of halogens is 1. The molecular formula is C13H17BrO2. The van der Waals surface area contributed by atoms with Gasteiger partial charge in [-0.25, -0.2) is 0 Å². The second-order valence-electron chi connectivity index (χ2n) is 3.92. The third-order valence-electron chi connectivity index (χ3n) is 2.26. The minimum atomic E-state index is -0.0112. The minimum Gasteiger partial charge on any atom is -0.493 e. The highest BCUT2D eigenvalue weighted by Gasteiger charge is 2.08. The van der Waals surface area contributed by atoms with Crippen molar-refractivity contribution >= 4 is 15.9 Å². The Bertz CT molecular complexity index is 386. The summed E-state index contributed by atoms with van der Waals surface area (Å²) in [5.74, 6) is 0.784. The lowest BCUT2D eigenvalue weighted by atomic mass is 10.1. The summed E-state index contributed by atoms with van der Waals surface area (Å²) >= 11 is 3.40. The molecule has 0 radical (unpaired) electrons. The molecule has 1 rings (SSSR count). The Morgan fingerprint density at radius 2 is 2.19 bits per heavy atom. The molecule has 0 aliphatic rings. The zero-order valence-electron chi connectivity index (χ0n) is 9.72. The van der Waals surface area contributed by atoms with Crippen LogP contribution < -0.4 is 4.74 Å². The van der Waals surface area contributed by atoms with E-state index < -0.39 is 0 Å². The van der Waals surface area contributed by atoms with Crippen molar-refractivity contribution in [2.24, 2.45) is 0 Å². The molecule has 16 heavy (non-hydrogen) atoms. The Kier molecular flexibility index (Phi) is 5.03. The van der Waals surface area contributed by atoms with E-state index >= 15 is 0 Å². The zero-order valence-corrected chi connectivity index (χ0v) is 11.3. The van der Waals surface area contributed by atoms with Crippen LogP contribution in [0.4, 0.5) is 0 Å². The van der Waals surface area contributed by atoms with E-state index in [2.05, 4.69) is 22.5 Å². The SMILES string of the molecule is C=C(C)CCOc1c(C)cc(Br)cc1CO. The van der Waals surface area contributed by atoms with Gasteiger partial charge in [-0.05, 0) is 31.5 Å². The van der Waals surface area contributed by atoms with Gasteiger partial charge in [0.15, 0.2) is 0 Å². The summed E-state index contributed by atoms with van der Waals surface area (Å²) in [5, 5.41) is 9.26. The maximum atomic E-state index is 9.26. The normalized spacial score (nSPS) is 10.2. The van der Waals surface area contributed by atoms with Crippen LogP contribution in [0.1, 0.15) is 24.5 Å². The van der Waals surface area contributed by atoms with Gasteiger partial charge in [-0.15, -0.1) is 6.58 Å². The average molecular weight is 285 g/mol. The van der Waals surface area contributed by atoms with Crippen LogP contribution in [-0.2, 0) is 6.61 Å². The molecule has 0 spiro atoms. The predicted molar refractivity (Wildman–Crippen MR) is 69.7 cm³/mol. The van der Waals surface area contributed by atoms with Gasteiger partial charge in [0.25, 0.3) is 0 Å². The first-order valence-corrected chi connectivity index (χ1v) is 6.01. The average Bonchev–Trinajstić information content (AvgIpc) is 2.20. The number of benzene rings is 1. The highest BCUT2D eigenvalue weighted by atomic mass is 79.9. The minimum absolute atomic E-state index is 0.0112. The van der Waals surface area contributed by atoms with E-state index in [4.69, 9.17) is 4.74 Å². The second kappa shape index (κ2) is 6.06. The summed E-state index contributed by atoms with van der Waals surface area (Å²) in [7, 11) is 0. The molecule has 1 N–H and O–H groups in total. The number of rotatable bonds is 5. The Morgan fingerprint density at radius 3 is 2.75 bits per heavy atom. The highest BCUT2D eigenvalue weighted by molar-refractivity contribution is 9.10. The highest BCUT2D eigenvalue weighted by Crippen LogP contribution is 2.28. The van der Waals surface area contributed by atoms with Gasteiger partial charge in [0.1, 0.15) is 5.75 Å². The molecule has 0 amide bonds. The topological polar surface area (TPSA) is 29.5 Å². The molecule has 0 heterocycles. The monoisotopic (exact) mass is 284 g/mol. The molecule has 3 heteroatoms. The smallest absolute Gasteiger partial charge is 0.127 e. The second-order valence-corrected chi connectivity index (χ2v) is 4.84. The van der Waals surface area contributed by atoms with Crippen LogP contribution in [0.3, 0.4) is 0 Å². The van der Waals surface area contributed by atoms with Crippen LogP contribution >= 0.6 is 15.9 Å². The fourth-order valence-corrected chi connectivity index (χ4v) is 2.07. The van der Waals surface area contributed by atoms with E-state index in [-0.39, 0.29) is 6.61 Å². The summed E-state index contributed by atoms with van der Waals surface area (Å²) in [4.78, 5) is 0. The van der Waals surface area contributed by atoms with Crippen molar-refractivity contribution in [2.45, 2.75) is 26.9 Å². The number of hydrogen-bond donors (Lipinski definition) is 1. The van der Waals surface area contributed by atoms with Crippen molar-refractivity contribution in [3.8, 4) is 5.75 Å². The molecule has 0 atom stereocenters.